The first kappa shape index (κ1) is 22.3. The van der Waals surface area contributed by atoms with Crippen molar-refractivity contribution in [2.24, 2.45) is 0 Å². The molecule has 9 heteroatoms. The van der Waals surface area contributed by atoms with Crippen LogP contribution < -0.4 is 0 Å². The van der Waals surface area contributed by atoms with Gasteiger partial charge >= 0.3 is 0 Å². The zero-order valence-corrected chi connectivity index (χ0v) is 20.1. The second kappa shape index (κ2) is 9.28. The van der Waals surface area contributed by atoms with Crippen molar-refractivity contribution in [3.8, 4) is 0 Å². The van der Waals surface area contributed by atoms with E-state index in [0.29, 0.717) is 19.7 Å². The van der Waals surface area contributed by atoms with Crippen molar-refractivity contribution >= 4 is 43.0 Å². The molecule has 1 unspecified atom stereocenters. The van der Waals surface area contributed by atoms with Gasteiger partial charge in [0.05, 0.1) is 17.5 Å². The van der Waals surface area contributed by atoms with Crippen molar-refractivity contribution in [2.45, 2.75) is 42.4 Å². The van der Waals surface area contributed by atoms with Crippen LogP contribution in [0.5, 0.6) is 0 Å². The minimum Gasteiger partial charge on any atom is -0.439 e. The summed E-state index contributed by atoms with van der Waals surface area (Å²) in [5.41, 5.74) is 1.12. The van der Waals surface area contributed by atoms with Crippen LogP contribution in [-0.2, 0) is 21.1 Å². The van der Waals surface area contributed by atoms with Gasteiger partial charge in [0.25, 0.3) is 5.91 Å². The van der Waals surface area contributed by atoms with Gasteiger partial charge in [-0.05, 0) is 73.2 Å². The summed E-state index contributed by atoms with van der Waals surface area (Å²) in [7, 11) is -3.85. The Balaban J connectivity index is 1.59. The van der Waals surface area contributed by atoms with Gasteiger partial charge in [0.15, 0.2) is 5.76 Å². The van der Waals surface area contributed by atoms with Gasteiger partial charge in [0.2, 0.25) is 14.9 Å². The van der Waals surface area contributed by atoms with Crippen LogP contribution in [0, 0.1) is 6.92 Å². The van der Waals surface area contributed by atoms with Crippen molar-refractivity contribution in [2.75, 3.05) is 13.2 Å². The van der Waals surface area contributed by atoms with E-state index in [9.17, 15) is 13.2 Å². The topological polar surface area (TPSA) is 76.8 Å². The van der Waals surface area contributed by atoms with Crippen LogP contribution in [0.15, 0.2) is 66.7 Å². The first-order valence-electron chi connectivity index (χ1n) is 9.89. The average molecular weight is 524 g/mol. The lowest BCUT2D eigenvalue weighted by Crippen LogP contribution is -2.36. The number of aryl methyl sites for hydroxylation is 1. The lowest BCUT2D eigenvalue weighted by Gasteiger charge is -2.24. The number of amides is 1. The molecule has 1 aromatic carbocycles. The standard InChI is InChI=1S/C22H22BrNO5S2/c1-15-10-12-30-20(15)14-24(13-17-3-2-11-28-17)22(25)19-8-9-21(29-19)31(26,27)18-6-4-16(23)5-7-18/h4-10,12,17H,2-3,11,13-14H2,1H3. The molecule has 1 fully saturated rings. The molecule has 0 radical (unpaired) electrons. The number of nitrogens with zero attached hydrogens (tertiary/aromatic N) is 1. The second-order valence-corrected chi connectivity index (χ2v) is 11.2. The molecule has 0 N–H and O–H groups in total. The SMILES string of the molecule is Cc1ccsc1CN(CC1CCCO1)C(=O)c1ccc(S(=O)(=O)c2ccc(Br)cc2)o1. The maximum Gasteiger partial charge on any atom is 0.290 e. The van der Waals surface area contributed by atoms with E-state index >= 15 is 0 Å². The average Bonchev–Trinajstić information content (AvgIpc) is 3.50. The molecule has 1 aliphatic rings. The van der Waals surface area contributed by atoms with Crippen LogP contribution in [-0.4, -0.2) is 38.5 Å². The molecule has 0 aliphatic carbocycles. The predicted molar refractivity (Wildman–Crippen MR) is 121 cm³/mol. The highest BCUT2D eigenvalue weighted by Crippen LogP contribution is 2.26. The first-order valence-corrected chi connectivity index (χ1v) is 13.0. The van der Waals surface area contributed by atoms with E-state index in [-0.39, 0.29) is 27.8 Å². The summed E-state index contributed by atoms with van der Waals surface area (Å²) < 4.78 is 37.8. The molecule has 31 heavy (non-hydrogen) atoms. The monoisotopic (exact) mass is 523 g/mol. The number of halogens is 1. The summed E-state index contributed by atoms with van der Waals surface area (Å²) in [5, 5.41) is 1.75. The van der Waals surface area contributed by atoms with Crippen molar-refractivity contribution in [1.82, 2.24) is 4.90 Å². The molecule has 0 saturated carbocycles. The number of benzene rings is 1. The Hall–Kier alpha value is -1.94. The Labute approximate surface area is 193 Å². The van der Waals surface area contributed by atoms with Crippen LogP contribution in [0.25, 0.3) is 0 Å². The third kappa shape index (κ3) is 4.95. The van der Waals surface area contributed by atoms with E-state index in [1.54, 1.807) is 28.4 Å². The molecule has 1 atom stereocenters. The fourth-order valence-corrected chi connectivity index (χ4v) is 5.82. The minimum atomic E-state index is -3.85. The third-order valence-corrected chi connectivity index (χ3v) is 8.40. The van der Waals surface area contributed by atoms with Gasteiger partial charge < -0.3 is 14.1 Å². The Bertz CT molecular complexity index is 1160. The van der Waals surface area contributed by atoms with E-state index in [0.717, 1.165) is 27.8 Å². The number of thiophene rings is 1. The molecule has 164 valence electrons. The van der Waals surface area contributed by atoms with E-state index in [1.165, 1.54) is 24.3 Å². The molecule has 1 saturated heterocycles. The highest BCUT2D eigenvalue weighted by Gasteiger charge is 2.28. The lowest BCUT2D eigenvalue weighted by atomic mass is 10.2. The molecule has 6 nitrogen and oxygen atoms in total. The maximum absolute atomic E-state index is 13.3. The van der Waals surface area contributed by atoms with Crippen molar-refractivity contribution < 1.29 is 22.4 Å². The third-order valence-electron chi connectivity index (χ3n) is 5.22. The van der Waals surface area contributed by atoms with Crippen LogP contribution in [0.3, 0.4) is 0 Å². The van der Waals surface area contributed by atoms with Crippen molar-refractivity contribution in [1.29, 1.82) is 0 Å². The lowest BCUT2D eigenvalue weighted by molar-refractivity contribution is 0.0482. The smallest absolute Gasteiger partial charge is 0.290 e. The Kier molecular flexibility index (Phi) is 6.66. The molecular formula is C22H22BrNO5S2. The van der Waals surface area contributed by atoms with Gasteiger partial charge in [-0.1, -0.05) is 15.9 Å². The number of hydrogen-bond acceptors (Lipinski definition) is 6. The fraction of sp³-hybridized carbons (Fsp3) is 0.318. The van der Waals surface area contributed by atoms with Gasteiger partial charge in [-0.2, -0.15) is 0 Å². The quantitative estimate of drug-likeness (QED) is 0.432. The molecule has 3 aromatic rings. The first-order chi connectivity index (χ1) is 14.8. The molecular weight excluding hydrogens is 502 g/mol. The number of carbonyl (C=O) groups is 1. The van der Waals surface area contributed by atoms with E-state index in [2.05, 4.69) is 15.9 Å². The van der Waals surface area contributed by atoms with E-state index in [4.69, 9.17) is 9.15 Å². The molecule has 3 heterocycles. The largest absolute Gasteiger partial charge is 0.439 e. The number of carbonyl (C=O) groups excluding carboxylic acids is 1. The summed E-state index contributed by atoms with van der Waals surface area (Å²) in [6, 6.07) is 11.1. The molecule has 0 bridgehead atoms. The van der Waals surface area contributed by atoms with Gasteiger partial charge in [0, 0.05) is 22.5 Å². The van der Waals surface area contributed by atoms with Gasteiger partial charge in [0.1, 0.15) is 0 Å². The molecule has 1 aliphatic heterocycles. The molecule has 0 spiro atoms. The summed E-state index contributed by atoms with van der Waals surface area (Å²) >= 11 is 4.89. The van der Waals surface area contributed by atoms with Crippen LogP contribution in [0.1, 0.15) is 33.8 Å². The van der Waals surface area contributed by atoms with Crippen molar-refractivity contribution in [3.63, 3.8) is 0 Å². The van der Waals surface area contributed by atoms with Crippen LogP contribution >= 0.6 is 27.3 Å². The predicted octanol–water partition coefficient (Wildman–Crippen LogP) is 5.07. The number of rotatable bonds is 7. The highest BCUT2D eigenvalue weighted by molar-refractivity contribution is 9.10. The Morgan fingerprint density at radius 2 is 1.97 bits per heavy atom. The van der Waals surface area contributed by atoms with Crippen LogP contribution in [0.4, 0.5) is 0 Å². The number of ether oxygens (including phenoxy) is 1. The Morgan fingerprint density at radius 3 is 2.61 bits per heavy atom. The summed E-state index contributed by atoms with van der Waals surface area (Å²) in [4.78, 5) is 16.1. The van der Waals surface area contributed by atoms with Crippen molar-refractivity contribution in [3.05, 3.63) is 68.5 Å². The molecule has 1 amide bonds. The molecule has 2 aromatic heterocycles. The molecule has 4 rings (SSSR count). The highest BCUT2D eigenvalue weighted by atomic mass is 79.9. The minimum absolute atomic E-state index is 0.00268. The van der Waals surface area contributed by atoms with Gasteiger partial charge in [-0.15, -0.1) is 11.3 Å². The normalized spacial score (nSPS) is 16.5. The van der Waals surface area contributed by atoms with Gasteiger partial charge in [-0.3, -0.25) is 4.79 Å². The van der Waals surface area contributed by atoms with Crippen LogP contribution in [0.2, 0.25) is 0 Å². The summed E-state index contributed by atoms with van der Waals surface area (Å²) in [6.45, 7) is 3.57. The fourth-order valence-electron chi connectivity index (χ4n) is 3.46. The zero-order valence-electron chi connectivity index (χ0n) is 16.9. The second-order valence-electron chi connectivity index (χ2n) is 7.42. The zero-order chi connectivity index (χ0) is 22.0. The van der Waals surface area contributed by atoms with E-state index < -0.39 is 9.84 Å². The summed E-state index contributed by atoms with van der Waals surface area (Å²) in [6.07, 6.45) is 1.85. The number of sulfone groups is 1. The van der Waals surface area contributed by atoms with Gasteiger partial charge in [-0.25, -0.2) is 8.42 Å². The maximum atomic E-state index is 13.3. The number of furan rings is 1. The Morgan fingerprint density at radius 1 is 1.19 bits per heavy atom. The number of hydrogen-bond donors (Lipinski definition) is 0. The van der Waals surface area contributed by atoms with E-state index in [1.807, 2.05) is 18.4 Å². The summed E-state index contributed by atoms with van der Waals surface area (Å²) in [5.74, 6) is -0.344.